The first-order valence-electron chi connectivity index (χ1n) is 25.7. The SMILES string of the molecule is C1=Cc2ccccc2C2CC(c3ccc(N(c4ccc(-c5ccc6c7ccc8ccccc8c7n(-c7ccccc7)c6c5)cc4)c4ccc(-c5ccccc5-c5ccccc5-c5ccccc5)cc4)cc3)=CC=C12. The zero-order valence-corrected chi connectivity index (χ0v) is 40.8. The van der Waals surface area contributed by atoms with Crippen molar-refractivity contribution in [2.24, 2.45) is 0 Å². The minimum absolute atomic E-state index is 0.364. The first-order valence-corrected chi connectivity index (χ1v) is 25.7. The zero-order valence-electron chi connectivity index (χ0n) is 40.8. The van der Waals surface area contributed by atoms with Crippen molar-refractivity contribution in [3.8, 4) is 50.2 Å². The molecule has 0 aliphatic heterocycles. The summed E-state index contributed by atoms with van der Waals surface area (Å²) in [5.41, 5.74) is 23.2. The Morgan fingerprint density at radius 1 is 0.365 bits per heavy atom. The molecule has 0 radical (unpaired) electrons. The lowest BCUT2D eigenvalue weighted by molar-refractivity contribution is 0.823. The quantitative estimate of drug-likeness (QED) is 0.140. The van der Waals surface area contributed by atoms with Gasteiger partial charge in [0.15, 0.2) is 0 Å². The Morgan fingerprint density at radius 2 is 0.905 bits per heavy atom. The van der Waals surface area contributed by atoms with Gasteiger partial charge in [-0.25, -0.2) is 0 Å². The fourth-order valence-corrected chi connectivity index (χ4v) is 11.8. The van der Waals surface area contributed by atoms with Crippen molar-refractivity contribution < 1.29 is 0 Å². The summed E-state index contributed by atoms with van der Waals surface area (Å²) >= 11 is 0. The van der Waals surface area contributed by atoms with Gasteiger partial charge in [0.1, 0.15) is 0 Å². The maximum absolute atomic E-state index is 2.45. The van der Waals surface area contributed by atoms with Gasteiger partial charge < -0.3 is 9.47 Å². The van der Waals surface area contributed by atoms with Crippen molar-refractivity contribution in [2.45, 2.75) is 12.3 Å². The van der Waals surface area contributed by atoms with E-state index >= 15 is 0 Å². The topological polar surface area (TPSA) is 8.17 Å². The van der Waals surface area contributed by atoms with Crippen molar-refractivity contribution in [1.82, 2.24) is 4.57 Å². The van der Waals surface area contributed by atoms with Gasteiger partial charge >= 0.3 is 0 Å². The summed E-state index contributed by atoms with van der Waals surface area (Å²) in [4.78, 5) is 2.39. The van der Waals surface area contributed by atoms with Crippen molar-refractivity contribution in [2.75, 3.05) is 4.90 Å². The molecule has 2 aliphatic carbocycles. The zero-order chi connectivity index (χ0) is 49.0. The second-order valence-corrected chi connectivity index (χ2v) is 19.6. The molecule has 2 aliphatic rings. The smallest absolute Gasteiger partial charge is 0.0619 e. The minimum Gasteiger partial charge on any atom is -0.311 e. The van der Waals surface area contributed by atoms with E-state index in [9.17, 15) is 0 Å². The monoisotopic (exact) mass is 942 g/mol. The molecular formula is C72H50N2. The van der Waals surface area contributed by atoms with Crippen LogP contribution in [-0.2, 0) is 0 Å². The van der Waals surface area contributed by atoms with Crippen molar-refractivity contribution >= 4 is 61.3 Å². The molecule has 1 atom stereocenters. The second-order valence-electron chi connectivity index (χ2n) is 19.6. The molecule has 0 amide bonds. The van der Waals surface area contributed by atoms with Crippen LogP contribution in [0.1, 0.15) is 29.0 Å². The van der Waals surface area contributed by atoms with Crippen LogP contribution in [0.3, 0.4) is 0 Å². The molecule has 0 saturated heterocycles. The number of hydrogen-bond donors (Lipinski definition) is 0. The molecule has 14 rings (SSSR count). The van der Waals surface area contributed by atoms with Gasteiger partial charge in [0, 0.05) is 44.8 Å². The highest BCUT2D eigenvalue weighted by Crippen LogP contribution is 2.45. The van der Waals surface area contributed by atoms with Crippen LogP contribution in [0.4, 0.5) is 17.1 Å². The Hall–Kier alpha value is -9.50. The molecule has 11 aromatic carbocycles. The van der Waals surface area contributed by atoms with Gasteiger partial charge in [0.05, 0.1) is 11.0 Å². The lowest BCUT2D eigenvalue weighted by Gasteiger charge is -2.29. The number of hydrogen-bond acceptors (Lipinski definition) is 1. The Morgan fingerprint density at radius 3 is 1.61 bits per heavy atom. The molecule has 1 heterocycles. The van der Waals surface area contributed by atoms with E-state index < -0.39 is 0 Å². The largest absolute Gasteiger partial charge is 0.311 e. The number of benzene rings is 11. The summed E-state index contributed by atoms with van der Waals surface area (Å²) in [5, 5.41) is 5.00. The van der Waals surface area contributed by atoms with Crippen LogP contribution >= 0.6 is 0 Å². The van der Waals surface area contributed by atoms with Crippen LogP contribution in [0.25, 0.3) is 94.4 Å². The molecule has 0 bridgehead atoms. The van der Waals surface area contributed by atoms with Crippen molar-refractivity contribution in [3.63, 3.8) is 0 Å². The molecule has 0 saturated carbocycles. The molecule has 0 N–H and O–H groups in total. The maximum atomic E-state index is 2.45. The molecule has 74 heavy (non-hydrogen) atoms. The first-order chi connectivity index (χ1) is 36.7. The van der Waals surface area contributed by atoms with Crippen LogP contribution in [0, 0.1) is 0 Å². The summed E-state index contributed by atoms with van der Waals surface area (Å²) < 4.78 is 2.45. The molecule has 0 spiro atoms. The van der Waals surface area contributed by atoms with Crippen molar-refractivity contribution in [1.29, 1.82) is 0 Å². The third-order valence-electron chi connectivity index (χ3n) is 15.4. The van der Waals surface area contributed by atoms with E-state index in [1.807, 2.05) is 0 Å². The summed E-state index contributed by atoms with van der Waals surface area (Å²) in [6.45, 7) is 0. The normalized spacial score (nSPS) is 13.9. The number of aromatic nitrogens is 1. The number of allylic oxidation sites excluding steroid dienone is 5. The third kappa shape index (κ3) is 7.59. The fourth-order valence-electron chi connectivity index (χ4n) is 11.8. The molecule has 1 unspecified atom stereocenters. The first kappa shape index (κ1) is 43.3. The predicted molar refractivity (Wildman–Crippen MR) is 314 cm³/mol. The van der Waals surface area contributed by atoms with E-state index in [1.54, 1.807) is 0 Å². The number of para-hydroxylation sites is 1. The number of fused-ring (bicyclic) bond motifs is 8. The van der Waals surface area contributed by atoms with Gasteiger partial charge in [0.2, 0.25) is 0 Å². The van der Waals surface area contributed by atoms with Crippen LogP contribution < -0.4 is 4.90 Å². The van der Waals surface area contributed by atoms with E-state index in [0.717, 1.165) is 29.2 Å². The lowest BCUT2D eigenvalue weighted by Crippen LogP contribution is -2.11. The van der Waals surface area contributed by atoms with Crippen LogP contribution in [0.15, 0.2) is 285 Å². The van der Waals surface area contributed by atoms with Gasteiger partial charge in [-0.1, -0.05) is 231 Å². The minimum atomic E-state index is 0.364. The third-order valence-corrected chi connectivity index (χ3v) is 15.4. The number of anilines is 3. The van der Waals surface area contributed by atoms with E-state index in [0.29, 0.717) is 5.92 Å². The summed E-state index contributed by atoms with van der Waals surface area (Å²) in [6, 6.07) is 95.6. The summed E-state index contributed by atoms with van der Waals surface area (Å²) in [5.74, 6) is 0.364. The predicted octanol–water partition coefficient (Wildman–Crippen LogP) is 19.6. The molecule has 2 heteroatoms. The average molecular weight is 943 g/mol. The second kappa shape index (κ2) is 18.3. The maximum Gasteiger partial charge on any atom is 0.0619 e. The number of nitrogens with zero attached hydrogens (tertiary/aromatic N) is 2. The number of rotatable bonds is 9. The average Bonchev–Trinajstić information content (AvgIpc) is 3.83. The van der Waals surface area contributed by atoms with E-state index in [4.69, 9.17) is 0 Å². The Labute approximate surface area is 432 Å². The van der Waals surface area contributed by atoms with Crippen LogP contribution in [0.5, 0.6) is 0 Å². The van der Waals surface area contributed by atoms with Crippen LogP contribution in [-0.4, -0.2) is 4.57 Å². The van der Waals surface area contributed by atoms with Gasteiger partial charge in [-0.3, -0.25) is 0 Å². The lowest BCUT2D eigenvalue weighted by atomic mass is 9.76. The van der Waals surface area contributed by atoms with Crippen LogP contribution in [0.2, 0.25) is 0 Å². The Bertz CT molecular complexity index is 4170. The highest BCUT2D eigenvalue weighted by Gasteiger charge is 2.25. The van der Waals surface area contributed by atoms with E-state index in [1.165, 1.54) is 105 Å². The molecule has 348 valence electrons. The highest BCUT2D eigenvalue weighted by atomic mass is 15.1. The van der Waals surface area contributed by atoms with E-state index in [2.05, 4.69) is 295 Å². The van der Waals surface area contributed by atoms with Crippen molar-refractivity contribution in [3.05, 3.63) is 301 Å². The summed E-state index contributed by atoms with van der Waals surface area (Å²) in [7, 11) is 0. The summed E-state index contributed by atoms with van der Waals surface area (Å²) in [6.07, 6.45) is 10.2. The Kier molecular flexibility index (Phi) is 10.7. The standard InChI is InChI=1S/C72H50N2/c1-3-15-51(16-4-1)62-21-11-13-25-66(62)67-26-14-12-22-63(67)54-35-43-61(44-36-54)73(59-39-31-49(32-40-59)56-30-29-55-28-27-52-17-7-9-23-64(52)70(55)47-56)60-41-33-50(34-42-60)57-38-45-68-69-46-37-53-18-8-10-24-65(53)72(69)74(71(68)48-57)58-19-5-2-6-20-58/h1-46,48,70H,47H2. The molecule has 0 fully saturated rings. The highest BCUT2D eigenvalue weighted by molar-refractivity contribution is 6.19. The van der Waals surface area contributed by atoms with E-state index in [-0.39, 0.29) is 0 Å². The molecular weight excluding hydrogens is 893 g/mol. The molecule has 1 aromatic heterocycles. The van der Waals surface area contributed by atoms with Gasteiger partial charge in [-0.15, -0.1) is 0 Å². The van der Waals surface area contributed by atoms with Gasteiger partial charge in [-0.05, 0) is 139 Å². The molecule has 2 nitrogen and oxygen atoms in total. The Balaban J connectivity index is 0.847. The van der Waals surface area contributed by atoms with Gasteiger partial charge in [0.25, 0.3) is 0 Å². The van der Waals surface area contributed by atoms with Gasteiger partial charge in [-0.2, -0.15) is 0 Å². The molecule has 12 aromatic rings. The fraction of sp³-hybridized carbons (Fsp3) is 0.0278.